The first-order valence-electron chi connectivity index (χ1n) is 9.05. The Labute approximate surface area is 174 Å². The smallest absolute Gasteiger partial charge is 0.220 e. The first kappa shape index (κ1) is 21.1. The lowest BCUT2D eigenvalue weighted by atomic mass is 10.0. The second-order valence-electron chi connectivity index (χ2n) is 6.28. The number of nitrogens with zero attached hydrogens (tertiary/aromatic N) is 2. The van der Waals surface area contributed by atoms with Crippen molar-refractivity contribution in [3.63, 3.8) is 0 Å². The summed E-state index contributed by atoms with van der Waals surface area (Å²) in [5.41, 5.74) is 8.11. The van der Waals surface area contributed by atoms with Crippen LogP contribution in [0.3, 0.4) is 0 Å². The molecule has 1 aromatic heterocycles. The number of anilines is 1. The molecule has 0 amide bonds. The molecule has 0 saturated heterocycles. The highest BCUT2D eigenvalue weighted by molar-refractivity contribution is 5.92. The van der Waals surface area contributed by atoms with E-state index >= 15 is 0 Å². The third kappa shape index (κ3) is 3.66. The molecule has 0 saturated carbocycles. The maximum atomic E-state index is 6.00. The Balaban J connectivity index is 2.22. The highest BCUT2D eigenvalue weighted by Crippen LogP contribution is 2.44. The Bertz CT molecular complexity index is 1050. The van der Waals surface area contributed by atoms with Gasteiger partial charge in [-0.1, -0.05) is 0 Å². The van der Waals surface area contributed by atoms with E-state index in [1.165, 1.54) is 14.2 Å². The molecule has 3 aromatic rings. The van der Waals surface area contributed by atoms with Crippen LogP contribution in [0.25, 0.3) is 10.9 Å². The predicted octanol–water partition coefficient (Wildman–Crippen LogP) is 2.85. The van der Waals surface area contributed by atoms with Gasteiger partial charge >= 0.3 is 0 Å². The Hall–Kier alpha value is -3.62. The van der Waals surface area contributed by atoms with E-state index in [9.17, 15) is 0 Å². The number of hydrogen-bond acceptors (Lipinski definition) is 9. The number of nitrogens with two attached hydrogens (primary N) is 1. The lowest BCUT2D eigenvalue weighted by Gasteiger charge is -2.17. The standard InChI is InChI=1S/C21H25N3O6/c1-25-14-8-11(9-15(26-2)18(14)28-4)7-13-12-10-16(27-3)19(29-5)20(30-6)17(12)24-21(22)23-13/h8-10H,7H2,1-6H3,(H2,22,23,24). The van der Waals surface area contributed by atoms with Crippen LogP contribution in [-0.4, -0.2) is 52.6 Å². The summed E-state index contributed by atoms with van der Waals surface area (Å²) in [6.45, 7) is 0. The average Bonchev–Trinajstić information content (AvgIpc) is 2.76. The van der Waals surface area contributed by atoms with E-state index in [2.05, 4.69) is 9.97 Å². The molecule has 0 atom stereocenters. The first-order chi connectivity index (χ1) is 14.5. The van der Waals surface area contributed by atoms with Crippen LogP contribution in [0, 0.1) is 0 Å². The van der Waals surface area contributed by atoms with Crippen LogP contribution < -0.4 is 34.2 Å². The van der Waals surface area contributed by atoms with Crippen LogP contribution in [0.5, 0.6) is 34.5 Å². The van der Waals surface area contributed by atoms with E-state index in [-0.39, 0.29) is 5.95 Å². The minimum atomic E-state index is 0.121. The largest absolute Gasteiger partial charge is 0.493 e. The fourth-order valence-corrected chi connectivity index (χ4v) is 3.38. The highest BCUT2D eigenvalue weighted by atomic mass is 16.5. The van der Waals surface area contributed by atoms with Crippen LogP contribution in [0.1, 0.15) is 11.3 Å². The molecule has 0 bridgehead atoms. The van der Waals surface area contributed by atoms with Gasteiger partial charge < -0.3 is 34.2 Å². The summed E-state index contributed by atoms with van der Waals surface area (Å²) in [7, 11) is 9.33. The Morgan fingerprint density at radius 2 is 1.20 bits per heavy atom. The topological polar surface area (TPSA) is 107 Å². The summed E-state index contributed by atoms with van der Waals surface area (Å²) < 4.78 is 32.8. The molecule has 0 unspecified atom stereocenters. The lowest BCUT2D eigenvalue weighted by Crippen LogP contribution is -2.05. The van der Waals surface area contributed by atoms with Crippen molar-refractivity contribution in [3.8, 4) is 34.5 Å². The summed E-state index contributed by atoms with van der Waals surface area (Å²) in [4.78, 5) is 8.82. The number of nitrogen functional groups attached to an aromatic ring is 1. The summed E-state index contributed by atoms with van der Waals surface area (Å²) in [5.74, 6) is 3.10. The molecule has 0 aliphatic heterocycles. The highest BCUT2D eigenvalue weighted by Gasteiger charge is 2.21. The van der Waals surface area contributed by atoms with Gasteiger partial charge in [0.05, 0.1) is 48.4 Å². The van der Waals surface area contributed by atoms with Crippen molar-refractivity contribution in [3.05, 3.63) is 29.5 Å². The molecule has 160 valence electrons. The van der Waals surface area contributed by atoms with Crippen molar-refractivity contribution in [1.29, 1.82) is 0 Å². The predicted molar refractivity (Wildman–Crippen MR) is 113 cm³/mol. The van der Waals surface area contributed by atoms with E-state index < -0.39 is 0 Å². The van der Waals surface area contributed by atoms with Gasteiger partial charge in [0, 0.05) is 11.8 Å². The van der Waals surface area contributed by atoms with Crippen LogP contribution in [-0.2, 0) is 6.42 Å². The molecule has 2 N–H and O–H groups in total. The fourth-order valence-electron chi connectivity index (χ4n) is 3.38. The van der Waals surface area contributed by atoms with Crippen molar-refractivity contribution in [2.24, 2.45) is 0 Å². The Morgan fingerprint density at radius 1 is 0.667 bits per heavy atom. The fraction of sp³-hybridized carbons (Fsp3) is 0.333. The number of rotatable bonds is 8. The van der Waals surface area contributed by atoms with Gasteiger partial charge in [-0.2, -0.15) is 0 Å². The molecule has 1 heterocycles. The van der Waals surface area contributed by atoms with Crippen molar-refractivity contribution in [2.75, 3.05) is 48.4 Å². The van der Waals surface area contributed by atoms with Crippen molar-refractivity contribution >= 4 is 16.9 Å². The van der Waals surface area contributed by atoms with E-state index in [4.69, 9.17) is 34.2 Å². The quantitative estimate of drug-likeness (QED) is 0.594. The number of hydrogen-bond donors (Lipinski definition) is 1. The molecule has 0 aliphatic rings. The Kier molecular flexibility index (Phi) is 6.20. The molecule has 0 spiro atoms. The zero-order valence-corrected chi connectivity index (χ0v) is 17.9. The second-order valence-corrected chi connectivity index (χ2v) is 6.28. The van der Waals surface area contributed by atoms with Crippen molar-refractivity contribution in [1.82, 2.24) is 9.97 Å². The summed E-state index contributed by atoms with van der Waals surface area (Å²) >= 11 is 0. The molecule has 2 aromatic carbocycles. The molecule has 0 aliphatic carbocycles. The molecule has 9 heteroatoms. The van der Waals surface area contributed by atoms with Gasteiger partial charge in [-0.05, 0) is 23.8 Å². The van der Waals surface area contributed by atoms with Crippen LogP contribution in [0.15, 0.2) is 18.2 Å². The van der Waals surface area contributed by atoms with E-state index in [0.717, 1.165) is 10.9 Å². The van der Waals surface area contributed by atoms with Crippen molar-refractivity contribution < 1.29 is 28.4 Å². The van der Waals surface area contributed by atoms with Gasteiger partial charge in [-0.25, -0.2) is 9.97 Å². The zero-order chi connectivity index (χ0) is 21.8. The molecule has 9 nitrogen and oxygen atoms in total. The molecule has 0 radical (unpaired) electrons. The van der Waals surface area contributed by atoms with E-state index in [1.807, 2.05) is 18.2 Å². The van der Waals surface area contributed by atoms with Gasteiger partial charge in [-0.15, -0.1) is 0 Å². The van der Waals surface area contributed by atoms with Gasteiger partial charge in [0.2, 0.25) is 17.4 Å². The minimum absolute atomic E-state index is 0.121. The van der Waals surface area contributed by atoms with E-state index in [1.54, 1.807) is 28.4 Å². The number of benzene rings is 2. The zero-order valence-electron chi connectivity index (χ0n) is 17.9. The normalized spacial score (nSPS) is 10.6. The second kappa shape index (κ2) is 8.81. The van der Waals surface area contributed by atoms with E-state index in [0.29, 0.717) is 52.1 Å². The van der Waals surface area contributed by atoms with Crippen LogP contribution in [0.2, 0.25) is 0 Å². The SMILES string of the molecule is COc1cc(Cc2nc(N)nc3c(OC)c(OC)c(OC)cc23)cc(OC)c1OC. The molecule has 3 rings (SSSR count). The summed E-state index contributed by atoms with van der Waals surface area (Å²) in [6, 6.07) is 5.54. The first-order valence-corrected chi connectivity index (χ1v) is 9.05. The number of ether oxygens (including phenoxy) is 6. The minimum Gasteiger partial charge on any atom is -0.493 e. The molecular formula is C21H25N3O6. The van der Waals surface area contributed by atoms with Crippen molar-refractivity contribution in [2.45, 2.75) is 6.42 Å². The maximum absolute atomic E-state index is 6.00. The molecule has 0 fully saturated rings. The lowest BCUT2D eigenvalue weighted by molar-refractivity contribution is 0.324. The van der Waals surface area contributed by atoms with Gasteiger partial charge in [0.1, 0.15) is 5.52 Å². The number of aromatic nitrogens is 2. The maximum Gasteiger partial charge on any atom is 0.220 e. The Morgan fingerprint density at radius 3 is 1.70 bits per heavy atom. The monoisotopic (exact) mass is 415 g/mol. The van der Waals surface area contributed by atoms with Gasteiger partial charge in [-0.3, -0.25) is 0 Å². The summed E-state index contributed by atoms with van der Waals surface area (Å²) in [6.07, 6.45) is 0.429. The number of methoxy groups -OCH3 is 6. The summed E-state index contributed by atoms with van der Waals surface area (Å²) in [5, 5.41) is 0.729. The molecule has 30 heavy (non-hydrogen) atoms. The van der Waals surface area contributed by atoms with Gasteiger partial charge in [0.25, 0.3) is 0 Å². The van der Waals surface area contributed by atoms with Crippen LogP contribution in [0.4, 0.5) is 5.95 Å². The third-order valence-corrected chi connectivity index (χ3v) is 4.69. The molecular weight excluding hydrogens is 390 g/mol. The third-order valence-electron chi connectivity index (χ3n) is 4.69. The average molecular weight is 415 g/mol. The number of fused-ring (bicyclic) bond motifs is 1. The van der Waals surface area contributed by atoms with Gasteiger partial charge in [0.15, 0.2) is 23.0 Å². The van der Waals surface area contributed by atoms with Crippen LogP contribution >= 0.6 is 0 Å².